The highest BCUT2D eigenvalue weighted by Crippen LogP contribution is 2.18. The van der Waals surface area contributed by atoms with Crippen molar-refractivity contribution < 1.29 is 9.13 Å². The van der Waals surface area contributed by atoms with Crippen molar-refractivity contribution in [2.24, 2.45) is 10.7 Å². The van der Waals surface area contributed by atoms with E-state index < -0.39 is 0 Å². The largest absolute Gasteiger partial charge is 0.480 e. The van der Waals surface area contributed by atoms with Gasteiger partial charge in [0.15, 0.2) is 5.88 Å². The number of nitrogens with zero attached hydrogens (tertiary/aromatic N) is 2. The van der Waals surface area contributed by atoms with Gasteiger partial charge in [0.2, 0.25) is 0 Å². The Kier molecular flexibility index (Phi) is 10.6. The van der Waals surface area contributed by atoms with Crippen molar-refractivity contribution in [1.29, 1.82) is 0 Å². The number of hydrogen-bond donors (Lipinski definition) is 2. The summed E-state index contributed by atoms with van der Waals surface area (Å²) in [6.45, 7) is 16.6. The van der Waals surface area contributed by atoms with Gasteiger partial charge in [-0.2, -0.15) is 0 Å². The van der Waals surface area contributed by atoms with E-state index in [0.717, 1.165) is 24.0 Å². The lowest BCUT2D eigenvalue weighted by Crippen LogP contribution is -2.20. The third kappa shape index (κ3) is 9.34. The van der Waals surface area contributed by atoms with E-state index in [2.05, 4.69) is 30.0 Å². The summed E-state index contributed by atoms with van der Waals surface area (Å²) in [6, 6.07) is 6.38. The summed E-state index contributed by atoms with van der Waals surface area (Å²) in [6.07, 6.45) is 3.31. The lowest BCUT2D eigenvalue weighted by atomic mass is 10.2. The average molecular weight is 421 g/mol. The molecule has 0 unspecified atom stereocenters. The van der Waals surface area contributed by atoms with E-state index in [1.165, 1.54) is 12.1 Å². The van der Waals surface area contributed by atoms with Gasteiger partial charge in [0.25, 0.3) is 0 Å². The third-order valence-corrected chi connectivity index (χ3v) is 4.10. The maximum absolute atomic E-state index is 13.2. The van der Waals surface area contributed by atoms with E-state index >= 15 is 0 Å². The second-order valence-corrected chi connectivity index (χ2v) is 6.97. The van der Waals surface area contributed by atoms with E-state index in [1.54, 1.807) is 19.2 Å². The SMILES string of the molecule is C=CN(CCCCOC(=C)NCc1cccc(F)c1)/C(N=C(C)Cl)=C(\C)C(=C)N. The van der Waals surface area contributed by atoms with Crippen LogP contribution in [0.1, 0.15) is 32.3 Å². The van der Waals surface area contributed by atoms with Gasteiger partial charge in [0, 0.05) is 24.4 Å². The van der Waals surface area contributed by atoms with Gasteiger partial charge in [-0.3, -0.25) is 0 Å². The molecule has 0 saturated heterocycles. The molecule has 0 atom stereocenters. The molecule has 5 nitrogen and oxygen atoms in total. The maximum Gasteiger partial charge on any atom is 0.179 e. The molecule has 0 aliphatic carbocycles. The zero-order valence-corrected chi connectivity index (χ0v) is 17.9. The predicted octanol–water partition coefficient (Wildman–Crippen LogP) is 4.99. The van der Waals surface area contributed by atoms with Crippen LogP contribution in [-0.4, -0.2) is 23.2 Å². The first-order valence-corrected chi connectivity index (χ1v) is 9.68. The number of nitrogens with one attached hydrogen (secondary N) is 1. The smallest absolute Gasteiger partial charge is 0.179 e. The van der Waals surface area contributed by atoms with Crippen LogP contribution in [-0.2, 0) is 11.3 Å². The van der Waals surface area contributed by atoms with Gasteiger partial charge in [0.05, 0.1) is 6.61 Å². The Bertz CT molecular complexity index is 785. The topological polar surface area (TPSA) is 62.9 Å². The van der Waals surface area contributed by atoms with Gasteiger partial charge in [-0.25, -0.2) is 9.38 Å². The van der Waals surface area contributed by atoms with Gasteiger partial charge in [-0.05, 0) is 57.2 Å². The fraction of sp³-hybridized carbons (Fsp3) is 0.318. The summed E-state index contributed by atoms with van der Waals surface area (Å²) in [5.74, 6) is 0.813. The highest BCUT2D eigenvalue weighted by Gasteiger charge is 2.11. The molecule has 3 N–H and O–H groups in total. The first kappa shape index (κ1) is 24.3. The molecular formula is C22H30ClFN4O. The average Bonchev–Trinajstić information content (AvgIpc) is 2.67. The molecule has 29 heavy (non-hydrogen) atoms. The molecule has 1 rings (SSSR count). The third-order valence-electron chi connectivity index (χ3n) is 4.02. The van der Waals surface area contributed by atoms with Gasteiger partial charge in [0.1, 0.15) is 16.8 Å². The fourth-order valence-electron chi connectivity index (χ4n) is 2.41. The van der Waals surface area contributed by atoms with Crippen LogP contribution in [0, 0.1) is 5.82 Å². The molecular weight excluding hydrogens is 391 g/mol. The van der Waals surface area contributed by atoms with Crippen molar-refractivity contribution in [3.05, 3.63) is 84.6 Å². The Morgan fingerprint density at radius 1 is 1.34 bits per heavy atom. The van der Waals surface area contributed by atoms with Crippen molar-refractivity contribution in [3.8, 4) is 0 Å². The van der Waals surface area contributed by atoms with Crippen molar-refractivity contribution in [3.63, 3.8) is 0 Å². The minimum absolute atomic E-state index is 0.266. The second kappa shape index (κ2) is 12.7. The molecule has 7 heteroatoms. The summed E-state index contributed by atoms with van der Waals surface area (Å²) in [5, 5.41) is 3.43. The molecule has 0 aliphatic heterocycles. The molecule has 0 heterocycles. The van der Waals surface area contributed by atoms with E-state index in [1.807, 2.05) is 17.9 Å². The first-order valence-electron chi connectivity index (χ1n) is 9.30. The van der Waals surface area contributed by atoms with Gasteiger partial charge >= 0.3 is 0 Å². The minimum atomic E-state index is -0.266. The van der Waals surface area contributed by atoms with Crippen molar-refractivity contribution >= 4 is 16.8 Å². The normalized spacial score (nSPS) is 12.1. The molecule has 0 bridgehead atoms. The number of nitrogens with two attached hydrogens (primary N) is 1. The second-order valence-electron chi connectivity index (χ2n) is 6.42. The van der Waals surface area contributed by atoms with Crippen LogP contribution in [0.25, 0.3) is 0 Å². The zero-order valence-electron chi connectivity index (χ0n) is 17.2. The van der Waals surface area contributed by atoms with Crippen molar-refractivity contribution in [2.75, 3.05) is 13.2 Å². The lowest BCUT2D eigenvalue weighted by molar-refractivity contribution is 0.184. The molecule has 1 aromatic carbocycles. The molecule has 0 aliphatic rings. The number of unbranched alkanes of at least 4 members (excludes halogenated alkanes) is 1. The predicted molar refractivity (Wildman–Crippen MR) is 119 cm³/mol. The van der Waals surface area contributed by atoms with Crippen LogP contribution in [0.3, 0.4) is 0 Å². The molecule has 0 spiro atoms. The van der Waals surface area contributed by atoms with Crippen molar-refractivity contribution in [2.45, 2.75) is 33.2 Å². The molecule has 0 saturated carbocycles. The van der Waals surface area contributed by atoms with E-state index in [4.69, 9.17) is 22.1 Å². The van der Waals surface area contributed by atoms with Crippen molar-refractivity contribution in [1.82, 2.24) is 10.2 Å². The summed E-state index contributed by atoms with van der Waals surface area (Å²) in [7, 11) is 0. The molecule has 0 aromatic heterocycles. The molecule has 0 amide bonds. The maximum atomic E-state index is 13.2. The van der Waals surface area contributed by atoms with Crippen LogP contribution < -0.4 is 11.1 Å². The number of aliphatic imine (C=N–C) groups is 1. The minimum Gasteiger partial charge on any atom is -0.480 e. The fourth-order valence-corrected chi connectivity index (χ4v) is 2.49. The van der Waals surface area contributed by atoms with Gasteiger partial charge in [-0.1, -0.05) is 36.9 Å². The standard InChI is InChI=1S/C22H30ClFN4O/c1-6-28(22(27-18(4)23)16(2)17(3)25)12-7-8-13-29-19(5)26-15-20-10-9-11-21(24)14-20/h6,9-11,14,26H,1,3,5,7-8,12-13,15,25H2,2,4H3/b22-16+,27-18?. The number of allylic oxidation sites excluding steroid dienone is 1. The first-order chi connectivity index (χ1) is 13.7. The van der Waals surface area contributed by atoms with E-state index in [0.29, 0.717) is 42.3 Å². The Morgan fingerprint density at radius 3 is 2.66 bits per heavy atom. The Morgan fingerprint density at radius 2 is 2.07 bits per heavy atom. The highest BCUT2D eigenvalue weighted by molar-refractivity contribution is 6.64. The van der Waals surface area contributed by atoms with Crippen LogP contribution in [0.4, 0.5) is 4.39 Å². The van der Waals surface area contributed by atoms with Crippen LogP contribution >= 0.6 is 11.6 Å². The number of halogens is 2. The number of benzene rings is 1. The highest BCUT2D eigenvalue weighted by atomic mass is 35.5. The molecule has 0 fully saturated rings. The van der Waals surface area contributed by atoms with Crippen LogP contribution in [0.2, 0.25) is 0 Å². The Hall–Kier alpha value is -2.73. The molecule has 1 aromatic rings. The summed E-state index contributed by atoms with van der Waals surface area (Å²) in [4.78, 5) is 6.23. The summed E-state index contributed by atoms with van der Waals surface area (Å²) >= 11 is 5.95. The summed E-state index contributed by atoms with van der Waals surface area (Å²) < 4.78 is 18.8. The zero-order chi connectivity index (χ0) is 21.8. The Balaban J connectivity index is 2.43. The molecule has 158 valence electrons. The number of rotatable bonds is 13. The van der Waals surface area contributed by atoms with Gasteiger partial charge < -0.3 is 20.7 Å². The van der Waals surface area contributed by atoms with Crippen LogP contribution in [0.15, 0.2) is 78.2 Å². The Labute approximate surface area is 178 Å². The monoisotopic (exact) mass is 420 g/mol. The number of hydrogen-bond acceptors (Lipinski definition) is 5. The lowest BCUT2D eigenvalue weighted by Gasteiger charge is -2.23. The van der Waals surface area contributed by atoms with Crippen LogP contribution in [0.5, 0.6) is 0 Å². The van der Waals surface area contributed by atoms with Gasteiger partial charge in [-0.15, -0.1) is 0 Å². The van der Waals surface area contributed by atoms with E-state index in [-0.39, 0.29) is 5.82 Å². The molecule has 0 radical (unpaired) electrons. The van der Waals surface area contributed by atoms with E-state index in [9.17, 15) is 4.39 Å². The summed E-state index contributed by atoms with van der Waals surface area (Å²) in [5.41, 5.74) is 7.81. The number of ether oxygens (including phenoxy) is 1. The quantitative estimate of drug-likeness (QED) is 0.204.